The maximum absolute atomic E-state index is 12.4. The van der Waals surface area contributed by atoms with Gasteiger partial charge in [0.2, 0.25) is 0 Å². The lowest BCUT2D eigenvalue weighted by atomic mass is 9.90. The van der Waals surface area contributed by atoms with E-state index in [-0.39, 0.29) is 12.6 Å². The van der Waals surface area contributed by atoms with Gasteiger partial charge in [-0.15, -0.1) is 0 Å². The third-order valence-corrected chi connectivity index (χ3v) is 3.37. The first kappa shape index (κ1) is 14.3. The molecule has 2 N–H and O–H groups in total. The summed E-state index contributed by atoms with van der Waals surface area (Å²) in [4.78, 5) is 1.71. The number of hydrogen-bond acceptors (Lipinski definition) is 3. The van der Waals surface area contributed by atoms with E-state index in [0.717, 1.165) is 12.8 Å². The van der Waals surface area contributed by atoms with Crippen molar-refractivity contribution in [3.05, 3.63) is 0 Å². The highest BCUT2D eigenvalue weighted by Gasteiger charge is 2.41. The molecule has 2 unspecified atom stereocenters. The molecule has 0 aliphatic carbocycles. The summed E-state index contributed by atoms with van der Waals surface area (Å²) in [5.74, 6) is -1.49. The normalized spacial score (nSPS) is 23.1. The molecule has 6 heteroatoms. The number of hydrogen-bond donors (Lipinski definition) is 1. The molecule has 0 aromatic rings. The Balaban J connectivity index is 2.43. The van der Waals surface area contributed by atoms with Gasteiger partial charge in [-0.05, 0) is 38.8 Å². The first-order valence-corrected chi connectivity index (χ1v) is 5.79. The van der Waals surface area contributed by atoms with Gasteiger partial charge in [0.05, 0.1) is 6.07 Å². The summed E-state index contributed by atoms with van der Waals surface area (Å²) in [5.41, 5.74) is 5.76. The van der Waals surface area contributed by atoms with Crippen molar-refractivity contribution < 1.29 is 13.2 Å². The van der Waals surface area contributed by atoms with Gasteiger partial charge in [-0.1, -0.05) is 0 Å². The zero-order chi connectivity index (χ0) is 13.1. The lowest BCUT2D eigenvalue weighted by Gasteiger charge is -2.34. The lowest BCUT2D eigenvalue weighted by molar-refractivity contribution is -0.163. The van der Waals surface area contributed by atoms with Crippen molar-refractivity contribution in [2.75, 3.05) is 19.6 Å². The molecule has 0 bridgehead atoms. The molecular formula is C11H18F3N3. The van der Waals surface area contributed by atoms with Crippen LogP contribution in [0.3, 0.4) is 0 Å². The summed E-state index contributed by atoms with van der Waals surface area (Å²) in [6, 6.07) is 1.42. The molecule has 0 aromatic heterocycles. The molecular weight excluding hydrogens is 231 g/mol. The first-order valence-electron chi connectivity index (χ1n) is 5.79. The van der Waals surface area contributed by atoms with Crippen LogP contribution in [0.5, 0.6) is 0 Å². The van der Waals surface area contributed by atoms with Crippen LogP contribution in [-0.2, 0) is 0 Å². The second-order valence-corrected chi connectivity index (χ2v) is 4.72. The van der Waals surface area contributed by atoms with Crippen LogP contribution < -0.4 is 5.73 Å². The highest BCUT2D eigenvalue weighted by molar-refractivity contribution is 4.91. The monoisotopic (exact) mass is 249 g/mol. The van der Waals surface area contributed by atoms with Crippen LogP contribution in [0.25, 0.3) is 0 Å². The summed E-state index contributed by atoms with van der Waals surface area (Å²) in [7, 11) is 0. The van der Waals surface area contributed by atoms with Gasteiger partial charge in [-0.2, -0.15) is 18.4 Å². The Morgan fingerprint density at radius 1 is 1.41 bits per heavy atom. The van der Waals surface area contributed by atoms with E-state index in [1.807, 2.05) is 6.92 Å². The summed E-state index contributed by atoms with van der Waals surface area (Å²) >= 11 is 0. The van der Waals surface area contributed by atoms with Crippen LogP contribution in [-0.4, -0.2) is 36.8 Å². The van der Waals surface area contributed by atoms with Crippen LogP contribution in [0.15, 0.2) is 0 Å². The average molecular weight is 249 g/mol. The standard InChI is InChI=1S/C11H18F3N3/c1-8(16)9-2-4-17(5-3-9)7-10(6-15)11(12,13)14/h8-10H,2-5,7,16H2,1H3. The number of nitrogens with two attached hydrogens (primary N) is 1. The summed E-state index contributed by atoms with van der Waals surface area (Å²) in [5, 5.41) is 8.52. The zero-order valence-electron chi connectivity index (χ0n) is 9.87. The maximum atomic E-state index is 12.4. The molecule has 98 valence electrons. The highest BCUT2D eigenvalue weighted by Crippen LogP contribution is 2.28. The Morgan fingerprint density at radius 3 is 2.29 bits per heavy atom. The van der Waals surface area contributed by atoms with Gasteiger partial charge in [0.15, 0.2) is 5.92 Å². The molecule has 1 rings (SSSR count). The Labute approximate surface area is 99.4 Å². The molecule has 3 nitrogen and oxygen atoms in total. The van der Waals surface area contributed by atoms with Crippen LogP contribution >= 0.6 is 0 Å². The Kier molecular flexibility index (Phi) is 4.78. The minimum atomic E-state index is -4.42. The SMILES string of the molecule is CC(N)C1CCN(CC(C#N)C(F)(F)F)CC1. The van der Waals surface area contributed by atoms with Crippen molar-refractivity contribution in [2.45, 2.75) is 32.0 Å². The van der Waals surface area contributed by atoms with E-state index in [1.165, 1.54) is 6.07 Å². The largest absolute Gasteiger partial charge is 0.405 e. The topological polar surface area (TPSA) is 53.0 Å². The smallest absolute Gasteiger partial charge is 0.328 e. The Bertz CT molecular complexity index is 275. The fourth-order valence-corrected chi connectivity index (χ4v) is 2.14. The Hall–Kier alpha value is -0.800. The molecule has 1 aliphatic heterocycles. The van der Waals surface area contributed by atoms with Gasteiger partial charge in [-0.25, -0.2) is 0 Å². The Morgan fingerprint density at radius 2 is 1.94 bits per heavy atom. The average Bonchev–Trinajstić information content (AvgIpc) is 2.24. The van der Waals surface area contributed by atoms with E-state index >= 15 is 0 Å². The number of piperidine rings is 1. The van der Waals surface area contributed by atoms with E-state index in [4.69, 9.17) is 11.0 Å². The molecule has 2 atom stereocenters. The minimum absolute atomic E-state index is 0.0894. The summed E-state index contributed by atoms with van der Waals surface area (Å²) in [6.45, 7) is 2.90. The molecule has 1 saturated heterocycles. The molecule has 1 aliphatic rings. The highest BCUT2D eigenvalue weighted by atomic mass is 19.4. The van der Waals surface area contributed by atoms with Crippen molar-refractivity contribution in [1.82, 2.24) is 4.90 Å². The van der Waals surface area contributed by atoms with Gasteiger partial charge in [0, 0.05) is 12.6 Å². The van der Waals surface area contributed by atoms with E-state index in [2.05, 4.69) is 0 Å². The second kappa shape index (κ2) is 5.69. The van der Waals surface area contributed by atoms with Gasteiger partial charge < -0.3 is 10.6 Å². The minimum Gasteiger partial charge on any atom is -0.328 e. The zero-order valence-corrected chi connectivity index (χ0v) is 9.87. The third kappa shape index (κ3) is 4.17. The molecule has 17 heavy (non-hydrogen) atoms. The summed E-state index contributed by atoms with van der Waals surface area (Å²) in [6.07, 6.45) is -2.80. The lowest BCUT2D eigenvalue weighted by Crippen LogP contribution is -2.43. The number of nitrogens with zero attached hydrogens (tertiary/aromatic N) is 2. The predicted octanol–water partition coefficient (Wildman–Crippen LogP) is 1.75. The summed E-state index contributed by atoms with van der Waals surface area (Å²) < 4.78 is 37.2. The second-order valence-electron chi connectivity index (χ2n) is 4.72. The van der Waals surface area contributed by atoms with E-state index in [1.54, 1.807) is 4.90 Å². The molecule has 0 spiro atoms. The first-order chi connectivity index (χ1) is 7.84. The number of likely N-dealkylation sites (tertiary alicyclic amines) is 1. The third-order valence-electron chi connectivity index (χ3n) is 3.37. The fraction of sp³-hybridized carbons (Fsp3) is 0.909. The van der Waals surface area contributed by atoms with Crippen LogP contribution in [0, 0.1) is 23.2 Å². The number of alkyl halides is 3. The van der Waals surface area contributed by atoms with Crippen molar-refractivity contribution in [3.63, 3.8) is 0 Å². The van der Waals surface area contributed by atoms with Crippen LogP contribution in [0.1, 0.15) is 19.8 Å². The molecule has 0 radical (unpaired) electrons. The van der Waals surface area contributed by atoms with Crippen molar-refractivity contribution in [2.24, 2.45) is 17.6 Å². The van der Waals surface area contributed by atoms with Crippen LogP contribution in [0.4, 0.5) is 13.2 Å². The van der Waals surface area contributed by atoms with Crippen molar-refractivity contribution >= 4 is 0 Å². The fourth-order valence-electron chi connectivity index (χ4n) is 2.14. The van der Waals surface area contributed by atoms with E-state index < -0.39 is 12.1 Å². The van der Waals surface area contributed by atoms with Gasteiger partial charge in [0.1, 0.15) is 0 Å². The molecule has 0 amide bonds. The van der Waals surface area contributed by atoms with Gasteiger partial charge in [0.25, 0.3) is 0 Å². The molecule has 1 heterocycles. The number of nitriles is 1. The van der Waals surface area contributed by atoms with E-state index in [0.29, 0.717) is 19.0 Å². The van der Waals surface area contributed by atoms with E-state index in [9.17, 15) is 13.2 Å². The van der Waals surface area contributed by atoms with Crippen LogP contribution in [0.2, 0.25) is 0 Å². The maximum Gasteiger partial charge on any atom is 0.405 e. The number of halogens is 3. The predicted molar refractivity (Wildman–Crippen MR) is 58.0 cm³/mol. The number of rotatable bonds is 3. The van der Waals surface area contributed by atoms with Crippen molar-refractivity contribution in [3.8, 4) is 6.07 Å². The van der Waals surface area contributed by atoms with Gasteiger partial charge in [-0.3, -0.25) is 0 Å². The molecule has 0 saturated carbocycles. The van der Waals surface area contributed by atoms with Gasteiger partial charge >= 0.3 is 6.18 Å². The molecule has 1 fully saturated rings. The molecule has 0 aromatic carbocycles. The van der Waals surface area contributed by atoms with Crippen molar-refractivity contribution in [1.29, 1.82) is 5.26 Å². The quantitative estimate of drug-likeness (QED) is 0.829.